The summed E-state index contributed by atoms with van der Waals surface area (Å²) in [6.45, 7) is 2.39. The zero-order chi connectivity index (χ0) is 18.8. The number of benzene rings is 2. The summed E-state index contributed by atoms with van der Waals surface area (Å²) in [5.41, 5.74) is 1.96. The standard InChI is InChI=1S/C18H22N2O4S2/c1-2-15-7-3-4-8-18(15)19-26(23,24)17-11-9-16(10-12-17)20-13-5-6-14-25(20,21)22/h3-4,7-12,19H,2,5-6,13-14H2,1H3. The number of para-hydroxylation sites is 1. The molecule has 1 N–H and O–H groups in total. The first-order valence-corrected chi connectivity index (χ1v) is 11.6. The summed E-state index contributed by atoms with van der Waals surface area (Å²) < 4.78 is 53.6. The van der Waals surface area contributed by atoms with Crippen molar-refractivity contribution < 1.29 is 16.8 Å². The third-order valence-corrected chi connectivity index (χ3v) is 7.68. The van der Waals surface area contributed by atoms with Crippen molar-refractivity contribution in [3.8, 4) is 0 Å². The maximum Gasteiger partial charge on any atom is 0.261 e. The average Bonchev–Trinajstić information content (AvgIpc) is 2.62. The molecule has 2 aromatic carbocycles. The second-order valence-electron chi connectivity index (χ2n) is 6.21. The van der Waals surface area contributed by atoms with Crippen molar-refractivity contribution in [1.82, 2.24) is 0 Å². The lowest BCUT2D eigenvalue weighted by atomic mass is 10.1. The molecular formula is C18H22N2O4S2. The summed E-state index contributed by atoms with van der Waals surface area (Å²) in [7, 11) is -7.05. The molecule has 6 nitrogen and oxygen atoms in total. The van der Waals surface area contributed by atoms with Crippen molar-refractivity contribution in [2.75, 3.05) is 21.3 Å². The molecule has 1 saturated heterocycles. The number of hydrogen-bond acceptors (Lipinski definition) is 4. The van der Waals surface area contributed by atoms with Crippen LogP contribution in [0.4, 0.5) is 11.4 Å². The SMILES string of the molecule is CCc1ccccc1NS(=O)(=O)c1ccc(N2CCCCS2(=O)=O)cc1. The minimum atomic E-state index is -3.74. The highest BCUT2D eigenvalue weighted by molar-refractivity contribution is 7.93. The van der Waals surface area contributed by atoms with Gasteiger partial charge in [0.2, 0.25) is 10.0 Å². The van der Waals surface area contributed by atoms with E-state index in [4.69, 9.17) is 0 Å². The van der Waals surface area contributed by atoms with Gasteiger partial charge in [0.1, 0.15) is 0 Å². The molecule has 0 radical (unpaired) electrons. The van der Waals surface area contributed by atoms with Gasteiger partial charge >= 0.3 is 0 Å². The fraction of sp³-hybridized carbons (Fsp3) is 0.333. The smallest absolute Gasteiger partial charge is 0.261 e. The first-order chi connectivity index (χ1) is 12.3. The predicted octanol–water partition coefficient (Wildman–Crippen LogP) is 2.98. The fourth-order valence-electron chi connectivity index (χ4n) is 3.00. The Morgan fingerprint density at radius 3 is 2.38 bits per heavy atom. The molecule has 2 aromatic rings. The molecule has 0 aliphatic carbocycles. The van der Waals surface area contributed by atoms with Gasteiger partial charge < -0.3 is 0 Å². The predicted molar refractivity (Wildman–Crippen MR) is 103 cm³/mol. The quantitative estimate of drug-likeness (QED) is 0.845. The van der Waals surface area contributed by atoms with Crippen molar-refractivity contribution in [2.24, 2.45) is 0 Å². The van der Waals surface area contributed by atoms with Gasteiger partial charge in [-0.25, -0.2) is 16.8 Å². The number of anilines is 2. The number of nitrogens with one attached hydrogen (secondary N) is 1. The van der Waals surface area contributed by atoms with Gasteiger partial charge in [0.25, 0.3) is 10.0 Å². The Labute approximate surface area is 155 Å². The van der Waals surface area contributed by atoms with Gasteiger partial charge in [-0.05, 0) is 55.2 Å². The van der Waals surface area contributed by atoms with Crippen LogP contribution in [-0.2, 0) is 26.5 Å². The molecule has 1 fully saturated rings. The molecule has 140 valence electrons. The highest BCUT2D eigenvalue weighted by Gasteiger charge is 2.26. The second-order valence-corrected chi connectivity index (χ2v) is 9.90. The van der Waals surface area contributed by atoms with Crippen LogP contribution in [0.1, 0.15) is 25.3 Å². The molecule has 1 aliphatic heterocycles. The first-order valence-electron chi connectivity index (χ1n) is 8.55. The molecule has 8 heteroatoms. The Kier molecular flexibility index (Phi) is 5.24. The van der Waals surface area contributed by atoms with Gasteiger partial charge in [0, 0.05) is 6.54 Å². The normalized spacial score (nSPS) is 17.0. The van der Waals surface area contributed by atoms with E-state index in [0.717, 1.165) is 12.0 Å². The van der Waals surface area contributed by atoms with Gasteiger partial charge in [-0.15, -0.1) is 0 Å². The molecule has 0 saturated carbocycles. The summed E-state index contributed by atoms with van der Waals surface area (Å²) in [4.78, 5) is 0.0987. The van der Waals surface area contributed by atoms with E-state index in [2.05, 4.69) is 4.72 Å². The minimum Gasteiger partial charge on any atom is -0.279 e. The summed E-state index contributed by atoms with van der Waals surface area (Å²) >= 11 is 0. The second kappa shape index (κ2) is 7.28. The van der Waals surface area contributed by atoms with Crippen molar-refractivity contribution >= 4 is 31.4 Å². The lowest BCUT2D eigenvalue weighted by molar-refractivity contribution is 0.574. The first kappa shape index (κ1) is 18.7. The summed E-state index contributed by atoms with van der Waals surface area (Å²) in [5, 5.41) is 0. The average molecular weight is 395 g/mol. The van der Waals surface area contributed by atoms with Gasteiger partial charge in [0.05, 0.1) is 22.0 Å². The molecular weight excluding hydrogens is 372 g/mol. The van der Waals surface area contributed by atoms with Gasteiger partial charge in [-0.1, -0.05) is 25.1 Å². The summed E-state index contributed by atoms with van der Waals surface area (Å²) in [6, 6.07) is 13.2. The van der Waals surface area contributed by atoms with Crippen molar-refractivity contribution in [3.63, 3.8) is 0 Å². The largest absolute Gasteiger partial charge is 0.279 e. The lowest BCUT2D eigenvalue weighted by Gasteiger charge is -2.28. The van der Waals surface area contributed by atoms with Crippen LogP contribution in [-0.4, -0.2) is 29.1 Å². The molecule has 0 unspecified atom stereocenters. The van der Waals surface area contributed by atoms with Crippen LogP contribution in [0.15, 0.2) is 53.4 Å². The number of aryl methyl sites for hydroxylation is 1. The Morgan fingerprint density at radius 2 is 1.73 bits per heavy atom. The lowest BCUT2D eigenvalue weighted by Crippen LogP contribution is -2.37. The van der Waals surface area contributed by atoms with E-state index < -0.39 is 20.0 Å². The molecule has 0 atom stereocenters. The van der Waals surface area contributed by atoms with Gasteiger partial charge in [0.15, 0.2) is 0 Å². The fourth-order valence-corrected chi connectivity index (χ4v) is 5.74. The van der Waals surface area contributed by atoms with Crippen LogP contribution in [0.2, 0.25) is 0 Å². The topological polar surface area (TPSA) is 83.6 Å². The van der Waals surface area contributed by atoms with Crippen LogP contribution in [0.3, 0.4) is 0 Å². The van der Waals surface area contributed by atoms with E-state index in [1.54, 1.807) is 24.3 Å². The number of hydrogen-bond donors (Lipinski definition) is 1. The van der Waals surface area contributed by atoms with Crippen LogP contribution in [0.5, 0.6) is 0 Å². The van der Waals surface area contributed by atoms with E-state index in [1.165, 1.54) is 16.4 Å². The van der Waals surface area contributed by atoms with E-state index in [1.807, 2.05) is 19.1 Å². The van der Waals surface area contributed by atoms with E-state index in [-0.39, 0.29) is 10.6 Å². The molecule has 0 spiro atoms. The monoisotopic (exact) mass is 394 g/mol. The van der Waals surface area contributed by atoms with Crippen LogP contribution in [0, 0.1) is 0 Å². The molecule has 1 heterocycles. The third kappa shape index (κ3) is 3.86. The molecule has 0 bridgehead atoms. The van der Waals surface area contributed by atoms with Gasteiger partial charge in [-0.2, -0.15) is 0 Å². The molecule has 3 rings (SSSR count). The van der Waals surface area contributed by atoms with Crippen LogP contribution < -0.4 is 9.03 Å². The maximum absolute atomic E-state index is 12.6. The zero-order valence-electron chi connectivity index (χ0n) is 14.6. The van der Waals surface area contributed by atoms with E-state index >= 15 is 0 Å². The van der Waals surface area contributed by atoms with Gasteiger partial charge in [-0.3, -0.25) is 9.03 Å². The highest BCUT2D eigenvalue weighted by Crippen LogP contribution is 2.26. The molecule has 0 amide bonds. The summed E-state index contributed by atoms with van der Waals surface area (Å²) in [5.74, 6) is 0.127. The van der Waals surface area contributed by atoms with Crippen molar-refractivity contribution in [3.05, 3.63) is 54.1 Å². The molecule has 26 heavy (non-hydrogen) atoms. The number of sulfonamides is 2. The van der Waals surface area contributed by atoms with E-state index in [9.17, 15) is 16.8 Å². The third-order valence-electron chi connectivity index (χ3n) is 4.43. The molecule has 1 aliphatic rings. The number of nitrogens with zero attached hydrogens (tertiary/aromatic N) is 1. The maximum atomic E-state index is 12.6. The van der Waals surface area contributed by atoms with Crippen LogP contribution >= 0.6 is 0 Å². The Bertz CT molecular complexity index is 984. The summed E-state index contributed by atoms with van der Waals surface area (Å²) in [6.07, 6.45) is 2.17. The zero-order valence-corrected chi connectivity index (χ0v) is 16.2. The Balaban J connectivity index is 1.85. The minimum absolute atomic E-state index is 0.0987. The highest BCUT2D eigenvalue weighted by atomic mass is 32.2. The van der Waals surface area contributed by atoms with Crippen molar-refractivity contribution in [1.29, 1.82) is 0 Å². The van der Waals surface area contributed by atoms with Crippen molar-refractivity contribution in [2.45, 2.75) is 31.1 Å². The van der Waals surface area contributed by atoms with E-state index in [0.29, 0.717) is 30.8 Å². The molecule has 0 aromatic heterocycles. The van der Waals surface area contributed by atoms with Crippen LogP contribution in [0.25, 0.3) is 0 Å². The number of rotatable bonds is 5. The Hall–Kier alpha value is -2.06. The Morgan fingerprint density at radius 1 is 1.04 bits per heavy atom.